The number of thiol groups is 1. The van der Waals surface area contributed by atoms with Crippen LogP contribution in [0, 0.1) is 0 Å². The highest BCUT2D eigenvalue weighted by Gasteiger charge is 1.97. The maximum Gasteiger partial charge on any atom is 0.300 e. The lowest BCUT2D eigenvalue weighted by molar-refractivity contribution is -0.134. The second kappa shape index (κ2) is 29.4. The van der Waals surface area contributed by atoms with Crippen molar-refractivity contribution in [3.63, 3.8) is 0 Å². The van der Waals surface area contributed by atoms with Gasteiger partial charge in [0.15, 0.2) is 0 Å². The summed E-state index contributed by atoms with van der Waals surface area (Å²) in [7, 11) is 6.64. The summed E-state index contributed by atoms with van der Waals surface area (Å²) in [5, 5.41) is 10.5. The molecule has 3 rings (SSSR count). The van der Waals surface area contributed by atoms with E-state index in [4.69, 9.17) is 21.4 Å². The molecule has 0 saturated heterocycles. The number of nitrogens with two attached hydrogens (primary N) is 2. The molecule has 3 aromatic rings. The van der Waals surface area contributed by atoms with Crippen LogP contribution in [-0.4, -0.2) is 50.6 Å². The summed E-state index contributed by atoms with van der Waals surface area (Å²) in [6.07, 6.45) is 5.38. The molecule has 0 saturated carbocycles. The summed E-state index contributed by atoms with van der Waals surface area (Å²) < 4.78 is 0. The average Bonchev–Trinajstić information content (AvgIpc) is 2.85. The predicted octanol–water partition coefficient (Wildman–Crippen LogP) is 5.87. The molecular weight excluding hydrogens is 586 g/mol. The molecule has 0 aromatic carbocycles. The maximum atomic E-state index is 9.00. The van der Waals surface area contributed by atoms with Crippen LogP contribution in [0.5, 0.6) is 0 Å². The van der Waals surface area contributed by atoms with Crippen LogP contribution < -0.4 is 11.5 Å². The first-order valence-corrected chi connectivity index (χ1v) is 14.7. The number of rotatable bonds is 8. The minimum absolute atomic E-state index is 0. The van der Waals surface area contributed by atoms with E-state index in [1.54, 1.807) is 61.8 Å². The van der Waals surface area contributed by atoms with E-state index in [9.17, 15) is 0 Å². The minimum Gasteiger partial charge on any atom is -0.481 e. The molecule has 0 fully saturated rings. The monoisotopic (exact) mass is 615 g/mol. The van der Waals surface area contributed by atoms with E-state index in [-0.39, 0.29) is 24.8 Å². The highest BCUT2D eigenvalue weighted by molar-refractivity contribution is 8.77. The van der Waals surface area contributed by atoms with Crippen molar-refractivity contribution < 1.29 is 9.90 Å². The average molecular weight is 617 g/mol. The number of carboxylic acid groups (broad SMARTS) is 1. The summed E-state index contributed by atoms with van der Waals surface area (Å²) in [5.74, 6) is 0.932. The predicted molar refractivity (Wildman–Crippen MR) is 163 cm³/mol. The van der Waals surface area contributed by atoms with Crippen molar-refractivity contribution in [1.82, 2.24) is 15.0 Å². The minimum atomic E-state index is -0.833. The lowest BCUT2D eigenvalue weighted by Crippen LogP contribution is -1.99. The first kappa shape index (κ1) is 38.7. The van der Waals surface area contributed by atoms with Crippen molar-refractivity contribution in [2.75, 3.05) is 24.6 Å². The Morgan fingerprint density at radius 2 is 1.14 bits per heavy atom. The van der Waals surface area contributed by atoms with Crippen molar-refractivity contribution in [3.05, 3.63) is 73.2 Å². The van der Waals surface area contributed by atoms with E-state index >= 15 is 0 Å². The molecule has 196 valence electrons. The molecule has 0 aliphatic carbocycles. The van der Waals surface area contributed by atoms with Gasteiger partial charge in [-0.2, -0.15) is 12.6 Å². The molecule has 0 amide bonds. The molecule has 0 atom stereocenters. The van der Waals surface area contributed by atoms with Gasteiger partial charge in [0.1, 0.15) is 15.1 Å². The zero-order valence-electron chi connectivity index (χ0n) is 19.0. The van der Waals surface area contributed by atoms with Gasteiger partial charge in [-0.25, -0.2) is 15.0 Å². The van der Waals surface area contributed by atoms with Gasteiger partial charge in [-0.1, -0.05) is 29.0 Å². The molecule has 14 heteroatoms. The van der Waals surface area contributed by atoms with Crippen LogP contribution in [-0.2, 0) is 4.79 Å². The van der Waals surface area contributed by atoms with Gasteiger partial charge in [-0.15, -0.1) is 24.8 Å². The van der Waals surface area contributed by atoms with Gasteiger partial charge in [0.2, 0.25) is 0 Å². The topological polar surface area (TPSA) is 128 Å². The Balaban J connectivity index is -0.000000437. The summed E-state index contributed by atoms with van der Waals surface area (Å²) >= 11 is 3.80. The van der Waals surface area contributed by atoms with Crippen molar-refractivity contribution >= 4 is 86.6 Å². The standard InChI is InChI=1S/C10H8N2S2.C7H10N2S2.C2H7NS.C2H4O2.2ClH/c1-3-7-11-9(5-1)13-14-10-6-2-4-8-12-10;8-4-6-10-11-7-3-1-2-5-9-7;3-1-2-4;1-2(3)4;;/h1-8H;1-3,5H,4,6,8H2;4H,1-3H2;1H3,(H,3,4);2*1H. The number of pyridine rings is 3. The molecule has 3 heterocycles. The first-order chi connectivity index (χ1) is 16.0. The number of nitrogens with zero attached hydrogens (tertiary/aromatic N) is 3. The van der Waals surface area contributed by atoms with Crippen LogP contribution in [0.25, 0.3) is 0 Å². The normalized spacial score (nSPS) is 8.69. The Morgan fingerprint density at radius 3 is 1.40 bits per heavy atom. The Labute approximate surface area is 241 Å². The van der Waals surface area contributed by atoms with Gasteiger partial charge in [-0.05, 0) is 68.8 Å². The van der Waals surface area contributed by atoms with E-state index in [2.05, 4.69) is 27.6 Å². The summed E-state index contributed by atoms with van der Waals surface area (Å²) in [5.41, 5.74) is 10.3. The van der Waals surface area contributed by atoms with Crippen LogP contribution in [0.2, 0.25) is 0 Å². The number of hydrogen-bond acceptors (Lipinski definition) is 11. The third-order valence-corrected chi connectivity index (χ3v) is 7.34. The van der Waals surface area contributed by atoms with Crippen LogP contribution in [0.15, 0.2) is 88.3 Å². The Hall–Kier alpha value is -0.830. The number of hydrogen-bond donors (Lipinski definition) is 4. The number of carboxylic acids is 1. The van der Waals surface area contributed by atoms with E-state index in [1.807, 2.05) is 54.6 Å². The van der Waals surface area contributed by atoms with Crippen molar-refractivity contribution in [1.29, 1.82) is 0 Å². The lowest BCUT2D eigenvalue weighted by atomic mass is 10.5. The number of aromatic nitrogens is 3. The van der Waals surface area contributed by atoms with Crippen molar-refractivity contribution in [3.8, 4) is 0 Å². The molecular formula is C21H31Cl2N5O2S5. The molecule has 0 aliphatic heterocycles. The largest absolute Gasteiger partial charge is 0.481 e. The highest BCUT2D eigenvalue weighted by Crippen LogP contribution is 2.34. The lowest BCUT2D eigenvalue weighted by Gasteiger charge is -1.97. The number of carbonyl (C=O) groups is 1. The molecule has 0 bridgehead atoms. The fourth-order valence-electron chi connectivity index (χ4n) is 1.42. The highest BCUT2D eigenvalue weighted by atomic mass is 35.5. The van der Waals surface area contributed by atoms with E-state index in [1.165, 1.54) is 0 Å². The maximum absolute atomic E-state index is 9.00. The number of aliphatic carboxylic acids is 1. The van der Waals surface area contributed by atoms with Crippen LogP contribution >= 0.6 is 80.6 Å². The smallest absolute Gasteiger partial charge is 0.300 e. The first-order valence-electron chi connectivity index (χ1n) is 9.61. The third kappa shape index (κ3) is 27.6. The SMILES string of the molecule is CC(=O)O.Cl.Cl.NCCS.NCCSSc1ccccn1.c1ccc(SSc2ccccn2)nc1. The third-order valence-electron chi connectivity index (χ3n) is 2.60. The fraction of sp³-hybridized carbons (Fsp3) is 0.238. The molecule has 5 N–H and O–H groups in total. The van der Waals surface area contributed by atoms with Crippen LogP contribution in [0.1, 0.15) is 6.92 Å². The molecule has 0 unspecified atom stereocenters. The molecule has 7 nitrogen and oxygen atoms in total. The van der Waals surface area contributed by atoms with E-state index in [0.717, 1.165) is 40.1 Å². The summed E-state index contributed by atoms with van der Waals surface area (Å²) in [4.78, 5) is 21.6. The van der Waals surface area contributed by atoms with Crippen LogP contribution in [0.4, 0.5) is 0 Å². The van der Waals surface area contributed by atoms with Gasteiger partial charge in [-0.3, -0.25) is 4.79 Å². The fourth-order valence-corrected chi connectivity index (χ4v) is 4.91. The Morgan fingerprint density at radius 1 is 0.800 bits per heavy atom. The zero-order chi connectivity index (χ0) is 24.6. The van der Waals surface area contributed by atoms with Crippen LogP contribution in [0.3, 0.4) is 0 Å². The number of halogens is 2. The quantitative estimate of drug-likeness (QED) is 0.138. The Kier molecular flexibility index (Phi) is 32.5. The van der Waals surface area contributed by atoms with Gasteiger partial charge < -0.3 is 16.6 Å². The summed E-state index contributed by atoms with van der Waals surface area (Å²) in [6, 6.07) is 17.7. The van der Waals surface area contributed by atoms with Gasteiger partial charge in [0.05, 0.1) is 0 Å². The second-order valence-electron chi connectivity index (χ2n) is 5.40. The van der Waals surface area contributed by atoms with Gasteiger partial charge in [0.25, 0.3) is 5.97 Å². The molecule has 35 heavy (non-hydrogen) atoms. The molecule has 0 spiro atoms. The van der Waals surface area contributed by atoms with E-state index < -0.39 is 5.97 Å². The summed E-state index contributed by atoms with van der Waals surface area (Å²) in [6.45, 7) is 2.49. The Bertz CT molecular complexity index is 787. The van der Waals surface area contributed by atoms with Gasteiger partial charge >= 0.3 is 0 Å². The van der Waals surface area contributed by atoms with Crippen molar-refractivity contribution in [2.24, 2.45) is 11.5 Å². The molecule has 0 radical (unpaired) electrons. The van der Waals surface area contributed by atoms with E-state index in [0.29, 0.717) is 6.54 Å². The second-order valence-corrected chi connectivity index (χ2v) is 10.4. The zero-order valence-corrected chi connectivity index (χ0v) is 24.8. The molecule has 3 aromatic heterocycles. The van der Waals surface area contributed by atoms with Crippen molar-refractivity contribution in [2.45, 2.75) is 22.0 Å². The van der Waals surface area contributed by atoms with Gasteiger partial charge in [0, 0.05) is 50.1 Å². The molecule has 0 aliphatic rings.